The molecule has 0 radical (unpaired) electrons. The largest absolute Gasteiger partial charge is 0.359 e. The summed E-state index contributed by atoms with van der Waals surface area (Å²) in [6.07, 6.45) is 4.53. The third-order valence-electron chi connectivity index (χ3n) is 3.03. The van der Waals surface area contributed by atoms with Crippen molar-refractivity contribution in [1.82, 2.24) is 15.0 Å². The molecular formula is C15H17N3O3S. The van der Waals surface area contributed by atoms with Crippen LogP contribution >= 0.6 is 0 Å². The molecule has 1 heterocycles. The first-order valence-electron chi connectivity index (χ1n) is 6.80. The molecule has 6 nitrogen and oxygen atoms in total. The molecule has 7 heteroatoms. The SMILES string of the molecule is O=CNCCCNS(=O)(=O)c1ccc(-c2cccnc2)cc1. The molecule has 0 aliphatic carbocycles. The van der Waals surface area contributed by atoms with Crippen LogP contribution in [0.2, 0.25) is 0 Å². The summed E-state index contributed by atoms with van der Waals surface area (Å²) in [4.78, 5) is 14.3. The van der Waals surface area contributed by atoms with Gasteiger partial charge in [-0.05, 0) is 35.7 Å². The van der Waals surface area contributed by atoms with E-state index < -0.39 is 10.0 Å². The summed E-state index contributed by atoms with van der Waals surface area (Å²) in [7, 11) is -3.53. The van der Waals surface area contributed by atoms with Crippen LogP contribution in [-0.2, 0) is 14.8 Å². The van der Waals surface area contributed by atoms with Gasteiger partial charge in [0.05, 0.1) is 4.90 Å². The summed E-state index contributed by atoms with van der Waals surface area (Å²) in [5.41, 5.74) is 1.83. The van der Waals surface area contributed by atoms with Gasteiger partial charge in [0.15, 0.2) is 0 Å². The normalized spacial score (nSPS) is 11.1. The second-order valence-corrected chi connectivity index (χ2v) is 6.36. The highest BCUT2D eigenvalue weighted by Crippen LogP contribution is 2.20. The van der Waals surface area contributed by atoms with Crippen LogP contribution in [0.25, 0.3) is 11.1 Å². The summed E-state index contributed by atoms with van der Waals surface area (Å²) in [5, 5.41) is 2.48. The first-order valence-corrected chi connectivity index (χ1v) is 8.29. The standard InChI is InChI=1S/C15H17N3O3S/c19-12-17-9-2-10-18-22(20,21)15-6-4-13(5-7-15)14-3-1-8-16-11-14/h1,3-8,11-12,18H,2,9-10H2,(H,17,19). The van der Waals surface area contributed by atoms with Gasteiger partial charge in [-0.1, -0.05) is 18.2 Å². The second-order valence-electron chi connectivity index (χ2n) is 4.59. The molecule has 0 aliphatic rings. The Balaban J connectivity index is 2.01. The molecule has 2 N–H and O–H groups in total. The van der Waals surface area contributed by atoms with Crippen molar-refractivity contribution in [3.8, 4) is 11.1 Å². The maximum absolute atomic E-state index is 12.1. The highest BCUT2D eigenvalue weighted by Gasteiger charge is 2.13. The fourth-order valence-corrected chi connectivity index (χ4v) is 2.97. The monoisotopic (exact) mass is 319 g/mol. The number of nitrogens with one attached hydrogen (secondary N) is 2. The van der Waals surface area contributed by atoms with Gasteiger partial charge >= 0.3 is 0 Å². The minimum absolute atomic E-state index is 0.212. The molecule has 0 aliphatic heterocycles. The predicted octanol–water partition coefficient (Wildman–Crippen LogP) is 1.16. The smallest absolute Gasteiger partial charge is 0.240 e. The average Bonchev–Trinajstić information content (AvgIpc) is 2.55. The Hall–Kier alpha value is -2.25. The topological polar surface area (TPSA) is 88.2 Å². The molecule has 2 rings (SSSR count). The van der Waals surface area contributed by atoms with E-state index in [2.05, 4.69) is 15.0 Å². The molecule has 1 aromatic carbocycles. The Labute approximate surface area is 129 Å². The quantitative estimate of drug-likeness (QED) is 0.564. The van der Waals surface area contributed by atoms with Crippen LogP contribution in [0.4, 0.5) is 0 Å². The molecule has 1 amide bonds. The number of rotatable bonds is 8. The summed E-state index contributed by atoms with van der Waals surface area (Å²) >= 11 is 0. The van der Waals surface area contributed by atoms with E-state index in [1.165, 1.54) is 0 Å². The lowest BCUT2D eigenvalue weighted by Gasteiger charge is -2.07. The Morgan fingerprint density at radius 1 is 1.05 bits per heavy atom. The van der Waals surface area contributed by atoms with Crippen LogP contribution in [0.15, 0.2) is 53.7 Å². The number of pyridine rings is 1. The van der Waals surface area contributed by atoms with Crippen molar-refractivity contribution >= 4 is 16.4 Å². The van der Waals surface area contributed by atoms with Gasteiger partial charge in [-0.2, -0.15) is 0 Å². The molecule has 0 saturated carbocycles. The van der Waals surface area contributed by atoms with Gasteiger partial charge in [-0.15, -0.1) is 0 Å². The second kappa shape index (κ2) is 7.67. The Kier molecular flexibility index (Phi) is 5.62. The molecule has 116 valence electrons. The van der Waals surface area contributed by atoms with Crippen LogP contribution in [0.5, 0.6) is 0 Å². The summed E-state index contributed by atoms with van der Waals surface area (Å²) < 4.78 is 26.7. The molecule has 2 aromatic rings. The van der Waals surface area contributed by atoms with Gasteiger partial charge in [-0.3, -0.25) is 9.78 Å². The minimum Gasteiger partial charge on any atom is -0.359 e. The zero-order chi connectivity index (χ0) is 15.8. The van der Waals surface area contributed by atoms with Crippen molar-refractivity contribution in [2.24, 2.45) is 0 Å². The zero-order valence-corrected chi connectivity index (χ0v) is 12.7. The third-order valence-corrected chi connectivity index (χ3v) is 4.51. The highest BCUT2D eigenvalue weighted by atomic mass is 32.2. The average molecular weight is 319 g/mol. The predicted molar refractivity (Wildman–Crippen MR) is 83.5 cm³/mol. The molecular weight excluding hydrogens is 302 g/mol. The molecule has 0 bridgehead atoms. The summed E-state index contributed by atoms with van der Waals surface area (Å²) in [6, 6.07) is 10.4. The van der Waals surface area contributed by atoms with Crippen molar-refractivity contribution in [3.63, 3.8) is 0 Å². The number of hydrogen-bond donors (Lipinski definition) is 2. The van der Waals surface area contributed by atoms with Crippen LogP contribution in [0.3, 0.4) is 0 Å². The number of hydrogen-bond acceptors (Lipinski definition) is 4. The Bertz CT molecular complexity index is 701. The maximum Gasteiger partial charge on any atom is 0.240 e. The molecule has 1 aromatic heterocycles. The van der Waals surface area contributed by atoms with Crippen molar-refractivity contribution < 1.29 is 13.2 Å². The first-order chi connectivity index (χ1) is 10.6. The van der Waals surface area contributed by atoms with E-state index in [4.69, 9.17) is 0 Å². The van der Waals surface area contributed by atoms with Gasteiger partial charge in [0.1, 0.15) is 0 Å². The molecule has 22 heavy (non-hydrogen) atoms. The maximum atomic E-state index is 12.1. The van der Waals surface area contributed by atoms with E-state index in [-0.39, 0.29) is 11.4 Å². The lowest BCUT2D eigenvalue weighted by Crippen LogP contribution is -2.27. The zero-order valence-electron chi connectivity index (χ0n) is 11.9. The van der Waals surface area contributed by atoms with E-state index in [1.807, 2.05) is 12.1 Å². The van der Waals surface area contributed by atoms with Crippen molar-refractivity contribution in [1.29, 1.82) is 0 Å². The minimum atomic E-state index is -3.53. The van der Waals surface area contributed by atoms with E-state index in [0.717, 1.165) is 11.1 Å². The van der Waals surface area contributed by atoms with Crippen LogP contribution in [0, 0.1) is 0 Å². The molecule has 0 fully saturated rings. The van der Waals surface area contributed by atoms with Crippen molar-refractivity contribution in [3.05, 3.63) is 48.8 Å². The fourth-order valence-electron chi connectivity index (χ4n) is 1.90. The lowest BCUT2D eigenvalue weighted by molar-refractivity contribution is -0.109. The number of carbonyl (C=O) groups excluding carboxylic acids is 1. The van der Waals surface area contributed by atoms with Gasteiger partial charge in [-0.25, -0.2) is 13.1 Å². The lowest BCUT2D eigenvalue weighted by atomic mass is 10.1. The Morgan fingerprint density at radius 2 is 1.82 bits per heavy atom. The van der Waals surface area contributed by atoms with Crippen molar-refractivity contribution in [2.45, 2.75) is 11.3 Å². The number of aromatic nitrogens is 1. The van der Waals surface area contributed by atoms with Gasteiger partial charge < -0.3 is 5.32 Å². The molecule has 0 atom stereocenters. The number of amides is 1. The van der Waals surface area contributed by atoms with E-state index in [1.54, 1.807) is 36.7 Å². The van der Waals surface area contributed by atoms with E-state index >= 15 is 0 Å². The Morgan fingerprint density at radius 3 is 2.45 bits per heavy atom. The van der Waals surface area contributed by atoms with Gasteiger partial charge in [0, 0.05) is 25.5 Å². The van der Waals surface area contributed by atoms with Crippen LogP contribution in [-0.4, -0.2) is 32.9 Å². The highest BCUT2D eigenvalue weighted by molar-refractivity contribution is 7.89. The van der Waals surface area contributed by atoms with E-state index in [0.29, 0.717) is 19.4 Å². The van der Waals surface area contributed by atoms with Crippen LogP contribution < -0.4 is 10.0 Å². The summed E-state index contributed by atoms with van der Waals surface area (Å²) in [5.74, 6) is 0. The first kappa shape index (κ1) is 16.1. The number of benzene rings is 1. The molecule has 0 saturated heterocycles. The number of sulfonamides is 1. The number of nitrogens with zero attached hydrogens (tertiary/aromatic N) is 1. The van der Waals surface area contributed by atoms with Gasteiger partial charge in [0.25, 0.3) is 0 Å². The van der Waals surface area contributed by atoms with Crippen LogP contribution in [0.1, 0.15) is 6.42 Å². The number of carbonyl (C=O) groups is 1. The van der Waals surface area contributed by atoms with Gasteiger partial charge in [0.2, 0.25) is 16.4 Å². The molecule has 0 spiro atoms. The van der Waals surface area contributed by atoms with Crippen molar-refractivity contribution in [2.75, 3.05) is 13.1 Å². The summed E-state index contributed by atoms with van der Waals surface area (Å²) in [6.45, 7) is 0.708. The van der Waals surface area contributed by atoms with E-state index in [9.17, 15) is 13.2 Å². The third kappa shape index (κ3) is 4.37. The molecule has 0 unspecified atom stereocenters. The fraction of sp³-hybridized carbons (Fsp3) is 0.200.